The van der Waals surface area contributed by atoms with Crippen molar-refractivity contribution in [1.29, 1.82) is 0 Å². The van der Waals surface area contributed by atoms with E-state index in [1.807, 2.05) is 29.2 Å². The van der Waals surface area contributed by atoms with E-state index in [1.54, 1.807) is 48.8 Å². The molecule has 1 saturated heterocycles. The number of hydrogen-bond acceptors (Lipinski definition) is 4. The van der Waals surface area contributed by atoms with Crippen molar-refractivity contribution < 1.29 is 9.59 Å². The Kier molecular flexibility index (Phi) is 5.25. The van der Waals surface area contributed by atoms with Crippen LogP contribution >= 0.6 is 0 Å². The zero-order valence-corrected chi connectivity index (χ0v) is 19.0. The number of likely N-dealkylation sites (tertiary alicyclic amines) is 1. The minimum atomic E-state index is -0.242. The topological polar surface area (TPSA) is 107 Å². The van der Waals surface area contributed by atoms with E-state index >= 15 is 0 Å². The van der Waals surface area contributed by atoms with Crippen LogP contribution in [0.3, 0.4) is 0 Å². The highest BCUT2D eigenvalue weighted by molar-refractivity contribution is 6.06. The second-order valence-electron chi connectivity index (χ2n) is 8.90. The van der Waals surface area contributed by atoms with Crippen molar-refractivity contribution in [3.63, 3.8) is 0 Å². The molecule has 1 atom stereocenters. The number of imidazole rings is 2. The van der Waals surface area contributed by atoms with Gasteiger partial charge in [0.2, 0.25) is 0 Å². The first-order valence-corrected chi connectivity index (χ1v) is 11.7. The fourth-order valence-electron chi connectivity index (χ4n) is 4.74. The minimum Gasteiger partial charge on any atom is -0.345 e. The van der Waals surface area contributed by atoms with Gasteiger partial charge in [-0.1, -0.05) is 18.2 Å². The van der Waals surface area contributed by atoms with E-state index in [1.165, 1.54) is 0 Å². The number of H-pyrrole nitrogens is 2. The number of amides is 2. The third-order valence-corrected chi connectivity index (χ3v) is 6.55. The molecule has 1 aliphatic heterocycles. The molecule has 3 heterocycles. The predicted octanol–water partition coefficient (Wildman–Crippen LogP) is 4.71. The zero-order chi connectivity index (χ0) is 23.8. The molecule has 5 aromatic rings. The molecule has 8 nitrogen and oxygen atoms in total. The average Bonchev–Trinajstić information content (AvgIpc) is 3.55. The lowest BCUT2D eigenvalue weighted by Crippen LogP contribution is -2.39. The molecule has 0 radical (unpaired) electrons. The Morgan fingerprint density at radius 3 is 2.77 bits per heavy atom. The third kappa shape index (κ3) is 4.14. The molecular weight excluding hydrogens is 440 g/mol. The Bertz CT molecular complexity index is 1520. The van der Waals surface area contributed by atoms with E-state index < -0.39 is 0 Å². The molecule has 1 unspecified atom stereocenters. The molecule has 8 heteroatoms. The molecule has 2 amide bonds. The van der Waals surface area contributed by atoms with Gasteiger partial charge in [-0.15, -0.1) is 0 Å². The number of para-hydroxylation sites is 2. The Labute approximate surface area is 201 Å². The standard InChI is InChI=1S/C27H24N6O2/c34-26(17-10-11-21-24(14-17)29-16-28-21)30-20-7-3-5-18(13-20)27(35)33-12-4-6-19(15-33)25-31-22-8-1-2-9-23(22)32-25/h1-3,5,7-11,13-14,16,19H,4,6,12,15H2,(H,28,29)(H,30,34)(H,31,32). The van der Waals surface area contributed by atoms with Crippen molar-refractivity contribution >= 4 is 39.6 Å². The van der Waals surface area contributed by atoms with Gasteiger partial charge in [-0.25, -0.2) is 9.97 Å². The first-order valence-electron chi connectivity index (χ1n) is 11.7. The van der Waals surface area contributed by atoms with Crippen LogP contribution in [0.25, 0.3) is 22.1 Å². The lowest BCUT2D eigenvalue weighted by molar-refractivity contribution is 0.0704. The highest BCUT2D eigenvalue weighted by Gasteiger charge is 2.27. The summed E-state index contributed by atoms with van der Waals surface area (Å²) in [6, 6.07) is 20.4. The number of nitrogens with zero attached hydrogens (tertiary/aromatic N) is 3. The van der Waals surface area contributed by atoms with Crippen molar-refractivity contribution in [1.82, 2.24) is 24.8 Å². The summed E-state index contributed by atoms with van der Waals surface area (Å²) in [6.07, 6.45) is 3.50. The summed E-state index contributed by atoms with van der Waals surface area (Å²) in [5.41, 5.74) is 5.21. The van der Waals surface area contributed by atoms with Gasteiger partial charge in [0.25, 0.3) is 11.8 Å². The molecule has 0 bridgehead atoms. The molecule has 2 aromatic heterocycles. The summed E-state index contributed by atoms with van der Waals surface area (Å²) < 4.78 is 0. The molecule has 35 heavy (non-hydrogen) atoms. The van der Waals surface area contributed by atoms with Crippen LogP contribution in [-0.4, -0.2) is 49.7 Å². The Morgan fingerprint density at radius 2 is 1.86 bits per heavy atom. The van der Waals surface area contributed by atoms with E-state index in [0.717, 1.165) is 40.7 Å². The molecule has 1 fully saturated rings. The van der Waals surface area contributed by atoms with Crippen molar-refractivity contribution in [3.8, 4) is 0 Å². The van der Waals surface area contributed by atoms with Crippen LogP contribution in [0.1, 0.15) is 45.3 Å². The second-order valence-corrected chi connectivity index (χ2v) is 8.90. The summed E-state index contributed by atoms with van der Waals surface area (Å²) in [7, 11) is 0. The Balaban J connectivity index is 1.17. The number of aromatic nitrogens is 4. The van der Waals surface area contributed by atoms with Crippen molar-refractivity contribution in [2.45, 2.75) is 18.8 Å². The number of rotatable bonds is 4. The van der Waals surface area contributed by atoms with Gasteiger partial charge in [-0.3, -0.25) is 9.59 Å². The molecule has 0 aliphatic carbocycles. The highest BCUT2D eigenvalue weighted by Crippen LogP contribution is 2.28. The van der Waals surface area contributed by atoms with Gasteiger partial charge in [0.1, 0.15) is 5.82 Å². The van der Waals surface area contributed by atoms with Gasteiger partial charge in [-0.05, 0) is 61.4 Å². The smallest absolute Gasteiger partial charge is 0.255 e. The fraction of sp³-hybridized carbons (Fsp3) is 0.185. The van der Waals surface area contributed by atoms with Crippen LogP contribution < -0.4 is 5.32 Å². The van der Waals surface area contributed by atoms with Gasteiger partial charge in [-0.2, -0.15) is 0 Å². The lowest BCUT2D eigenvalue weighted by atomic mass is 9.96. The molecular formula is C27H24N6O2. The van der Waals surface area contributed by atoms with Crippen LogP contribution in [-0.2, 0) is 0 Å². The van der Waals surface area contributed by atoms with Crippen LogP contribution in [0.5, 0.6) is 0 Å². The van der Waals surface area contributed by atoms with Gasteiger partial charge in [0.05, 0.1) is 28.4 Å². The Hall–Kier alpha value is -4.46. The molecule has 3 N–H and O–H groups in total. The van der Waals surface area contributed by atoms with E-state index in [0.29, 0.717) is 29.9 Å². The largest absolute Gasteiger partial charge is 0.345 e. The maximum atomic E-state index is 13.3. The summed E-state index contributed by atoms with van der Waals surface area (Å²) in [5, 5.41) is 2.90. The number of hydrogen-bond donors (Lipinski definition) is 3. The van der Waals surface area contributed by atoms with Crippen molar-refractivity contribution in [3.05, 3.63) is 90.0 Å². The number of aromatic amines is 2. The summed E-state index contributed by atoms with van der Waals surface area (Å²) >= 11 is 0. The summed E-state index contributed by atoms with van der Waals surface area (Å²) in [6.45, 7) is 1.32. The first kappa shape index (κ1) is 21.1. The number of carbonyl (C=O) groups excluding carboxylic acids is 2. The quantitative estimate of drug-likeness (QED) is 0.358. The maximum Gasteiger partial charge on any atom is 0.255 e. The van der Waals surface area contributed by atoms with E-state index in [4.69, 9.17) is 4.98 Å². The molecule has 6 rings (SSSR count). The van der Waals surface area contributed by atoms with Crippen LogP contribution in [0, 0.1) is 0 Å². The second kappa shape index (κ2) is 8.72. The van der Waals surface area contributed by atoms with Gasteiger partial charge >= 0.3 is 0 Å². The first-order chi connectivity index (χ1) is 17.1. The van der Waals surface area contributed by atoms with Crippen molar-refractivity contribution in [2.75, 3.05) is 18.4 Å². The van der Waals surface area contributed by atoms with Crippen LogP contribution in [0.15, 0.2) is 73.1 Å². The molecule has 1 aliphatic rings. The number of nitrogens with one attached hydrogen (secondary N) is 3. The number of anilines is 1. The van der Waals surface area contributed by atoms with Gasteiger partial charge in [0.15, 0.2) is 0 Å². The average molecular weight is 465 g/mol. The highest BCUT2D eigenvalue weighted by atomic mass is 16.2. The van der Waals surface area contributed by atoms with Crippen LogP contribution in [0.2, 0.25) is 0 Å². The SMILES string of the molecule is O=C(Nc1cccc(C(=O)N2CCCC(c3nc4ccccc4[nH]3)C2)c1)c1ccc2nc[nH]c2c1. The summed E-state index contributed by atoms with van der Waals surface area (Å²) in [4.78, 5) is 43.4. The zero-order valence-electron chi connectivity index (χ0n) is 19.0. The molecule has 3 aromatic carbocycles. The third-order valence-electron chi connectivity index (χ3n) is 6.55. The normalized spacial score (nSPS) is 16.0. The number of carbonyl (C=O) groups is 2. The van der Waals surface area contributed by atoms with Crippen molar-refractivity contribution in [2.24, 2.45) is 0 Å². The molecule has 0 saturated carbocycles. The number of piperidine rings is 1. The predicted molar refractivity (Wildman–Crippen MR) is 134 cm³/mol. The number of fused-ring (bicyclic) bond motifs is 2. The minimum absolute atomic E-state index is 0.0409. The van der Waals surface area contributed by atoms with E-state index in [-0.39, 0.29) is 17.7 Å². The Morgan fingerprint density at radius 1 is 0.943 bits per heavy atom. The van der Waals surface area contributed by atoms with E-state index in [2.05, 4.69) is 20.3 Å². The fourth-order valence-corrected chi connectivity index (χ4v) is 4.74. The van der Waals surface area contributed by atoms with E-state index in [9.17, 15) is 9.59 Å². The maximum absolute atomic E-state index is 13.3. The lowest BCUT2D eigenvalue weighted by Gasteiger charge is -2.32. The van der Waals surface area contributed by atoms with Gasteiger partial charge in [0, 0.05) is 35.8 Å². The number of benzene rings is 3. The molecule has 174 valence electrons. The molecule has 0 spiro atoms. The van der Waals surface area contributed by atoms with Gasteiger partial charge < -0.3 is 20.2 Å². The van der Waals surface area contributed by atoms with Crippen LogP contribution in [0.4, 0.5) is 5.69 Å². The summed E-state index contributed by atoms with van der Waals surface area (Å²) in [5.74, 6) is 0.814. The monoisotopic (exact) mass is 464 g/mol.